The lowest BCUT2D eigenvalue weighted by molar-refractivity contribution is 0.384. The van der Waals surface area contributed by atoms with E-state index in [0.29, 0.717) is 0 Å². The van der Waals surface area contributed by atoms with Crippen LogP contribution in [0.25, 0.3) is 28.1 Å². The lowest BCUT2D eigenvalue weighted by Gasteiger charge is -2.12. The van der Waals surface area contributed by atoms with Crippen molar-refractivity contribution in [2.24, 2.45) is 0 Å². The molecule has 4 aromatic rings. The number of hydrogen-bond acceptors (Lipinski definition) is 4. The van der Waals surface area contributed by atoms with E-state index in [4.69, 9.17) is 9.97 Å². The SMILES string of the molecule is Cc1ccccc1-c1nc2c3c(C)c(C)n(CCN(C)C)c3ncn2n1. The summed E-state index contributed by atoms with van der Waals surface area (Å²) in [4.78, 5) is 11.8. The Morgan fingerprint density at radius 1 is 1.04 bits per heavy atom. The van der Waals surface area contributed by atoms with E-state index in [2.05, 4.69) is 61.6 Å². The first-order valence-electron chi connectivity index (χ1n) is 8.89. The predicted molar refractivity (Wildman–Crippen MR) is 104 cm³/mol. The van der Waals surface area contributed by atoms with Crippen molar-refractivity contribution in [1.29, 1.82) is 0 Å². The Kier molecular flexibility index (Phi) is 4.00. The molecule has 4 rings (SSSR count). The van der Waals surface area contributed by atoms with Gasteiger partial charge in [-0.15, -0.1) is 5.10 Å². The van der Waals surface area contributed by atoms with Gasteiger partial charge in [-0.3, -0.25) is 0 Å². The van der Waals surface area contributed by atoms with Crippen LogP contribution in [0.1, 0.15) is 16.8 Å². The topological polar surface area (TPSA) is 51.2 Å². The van der Waals surface area contributed by atoms with Crippen molar-refractivity contribution >= 4 is 16.7 Å². The molecular formula is C20H24N6. The fourth-order valence-electron chi connectivity index (χ4n) is 3.44. The summed E-state index contributed by atoms with van der Waals surface area (Å²) in [5.41, 5.74) is 6.55. The van der Waals surface area contributed by atoms with Crippen molar-refractivity contribution < 1.29 is 0 Å². The first kappa shape index (κ1) is 16.7. The molecule has 26 heavy (non-hydrogen) atoms. The predicted octanol–water partition coefficient (Wildman–Crippen LogP) is 3.23. The Bertz CT molecular complexity index is 1100. The Hall–Kier alpha value is -2.73. The maximum Gasteiger partial charge on any atom is 0.182 e. The zero-order chi connectivity index (χ0) is 18.4. The van der Waals surface area contributed by atoms with Gasteiger partial charge in [0.05, 0.1) is 5.39 Å². The average Bonchev–Trinajstić information content (AvgIpc) is 3.13. The third-order valence-electron chi connectivity index (χ3n) is 5.10. The molecule has 0 unspecified atom stereocenters. The molecule has 3 heterocycles. The molecule has 0 aliphatic carbocycles. The minimum atomic E-state index is 0.746. The number of nitrogens with zero attached hydrogens (tertiary/aromatic N) is 6. The molecule has 134 valence electrons. The molecule has 0 fully saturated rings. The highest BCUT2D eigenvalue weighted by Crippen LogP contribution is 2.28. The van der Waals surface area contributed by atoms with Crippen LogP contribution in [0, 0.1) is 20.8 Å². The summed E-state index contributed by atoms with van der Waals surface area (Å²) >= 11 is 0. The molecule has 0 N–H and O–H groups in total. The van der Waals surface area contributed by atoms with Gasteiger partial charge in [0.15, 0.2) is 11.5 Å². The summed E-state index contributed by atoms with van der Waals surface area (Å²) in [7, 11) is 4.18. The lowest BCUT2D eigenvalue weighted by atomic mass is 10.1. The van der Waals surface area contributed by atoms with Crippen molar-refractivity contribution in [1.82, 2.24) is 29.0 Å². The van der Waals surface area contributed by atoms with Gasteiger partial charge in [-0.25, -0.2) is 14.5 Å². The summed E-state index contributed by atoms with van der Waals surface area (Å²) in [6.07, 6.45) is 1.78. The van der Waals surface area contributed by atoms with Crippen LogP contribution in [-0.4, -0.2) is 49.7 Å². The van der Waals surface area contributed by atoms with Crippen LogP contribution in [0.2, 0.25) is 0 Å². The van der Waals surface area contributed by atoms with E-state index < -0.39 is 0 Å². The second kappa shape index (κ2) is 6.21. The van der Waals surface area contributed by atoms with E-state index in [1.54, 1.807) is 10.8 Å². The number of aryl methyl sites for hydroxylation is 2. The van der Waals surface area contributed by atoms with E-state index in [9.17, 15) is 0 Å². The first-order valence-corrected chi connectivity index (χ1v) is 8.89. The van der Waals surface area contributed by atoms with Crippen LogP contribution in [0.15, 0.2) is 30.6 Å². The molecule has 0 radical (unpaired) electrons. The Labute approximate surface area is 153 Å². The molecule has 6 heteroatoms. The van der Waals surface area contributed by atoms with Gasteiger partial charge >= 0.3 is 0 Å². The number of rotatable bonds is 4. The highest BCUT2D eigenvalue weighted by molar-refractivity contribution is 5.94. The molecule has 0 atom stereocenters. The zero-order valence-corrected chi connectivity index (χ0v) is 16.0. The Morgan fingerprint density at radius 3 is 2.54 bits per heavy atom. The highest BCUT2D eigenvalue weighted by atomic mass is 15.3. The van der Waals surface area contributed by atoms with Crippen LogP contribution in [0.4, 0.5) is 0 Å². The van der Waals surface area contributed by atoms with Crippen LogP contribution in [0.5, 0.6) is 0 Å². The maximum absolute atomic E-state index is 4.87. The van der Waals surface area contributed by atoms with Gasteiger partial charge in [0.1, 0.15) is 12.0 Å². The second-order valence-corrected chi connectivity index (χ2v) is 7.13. The van der Waals surface area contributed by atoms with Gasteiger partial charge in [0.25, 0.3) is 0 Å². The summed E-state index contributed by atoms with van der Waals surface area (Å²) < 4.78 is 4.08. The van der Waals surface area contributed by atoms with E-state index in [1.165, 1.54) is 16.8 Å². The quantitative estimate of drug-likeness (QED) is 0.568. The lowest BCUT2D eigenvalue weighted by Crippen LogP contribution is -2.19. The molecule has 0 aliphatic rings. The molecule has 0 spiro atoms. The first-order chi connectivity index (χ1) is 12.5. The van der Waals surface area contributed by atoms with E-state index in [1.807, 2.05) is 12.1 Å². The number of fused-ring (bicyclic) bond motifs is 3. The van der Waals surface area contributed by atoms with Gasteiger partial charge < -0.3 is 9.47 Å². The van der Waals surface area contributed by atoms with Gasteiger partial charge in [0, 0.05) is 24.3 Å². The van der Waals surface area contributed by atoms with Crippen LogP contribution in [0.3, 0.4) is 0 Å². The van der Waals surface area contributed by atoms with Gasteiger partial charge in [0.2, 0.25) is 0 Å². The van der Waals surface area contributed by atoms with Gasteiger partial charge in [-0.1, -0.05) is 24.3 Å². The maximum atomic E-state index is 4.87. The summed E-state index contributed by atoms with van der Waals surface area (Å²) in [6.45, 7) is 8.26. The molecule has 0 aliphatic heterocycles. The molecule has 0 saturated heterocycles. The highest BCUT2D eigenvalue weighted by Gasteiger charge is 2.18. The average molecular weight is 348 g/mol. The van der Waals surface area contributed by atoms with Crippen LogP contribution in [-0.2, 0) is 6.54 Å². The normalized spacial score (nSPS) is 11.9. The van der Waals surface area contributed by atoms with Crippen molar-refractivity contribution in [3.63, 3.8) is 0 Å². The Balaban J connectivity index is 1.93. The fraction of sp³-hybridized carbons (Fsp3) is 0.350. The fourth-order valence-corrected chi connectivity index (χ4v) is 3.44. The van der Waals surface area contributed by atoms with Gasteiger partial charge in [-0.2, -0.15) is 0 Å². The molecule has 0 bridgehead atoms. The van der Waals surface area contributed by atoms with Crippen LogP contribution >= 0.6 is 0 Å². The molecule has 0 saturated carbocycles. The molecule has 0 amide bonds. The number of aromatic nitrogens is 5. The number of hydrogen-bond donors (Lipinski definition) is 0. The van der Waals surface area contributed by atoms with Crippen LogP contribution < -0.4 is 0 Å². The molecule has 1 aromatic carbocycles. The Morgan fingerprint density at radius 2 is 1.81 bits per heavy atom. The minimum Gasteiger partial charge on any atom is -0.328 e. The van der Waals surface area contributed by atoms with E-state index in [0.717, 1.165) is 41.2 Å². The number of benzene rings is 1. The molecule has 3 aromatic heterocycles. The third-order valence-corrected chi connectivity index (χ3v) is 5.10. The number of likely N-dealkylation sites (N-methyl/N-ethyl adjacent to an activating group) is 1. The van der Waals surface area contributed by atoms with Crippen molar-refractivity contribution in [2.75, 3.05) is 20.6 Å². The van der Waals surface area contributed by atoms with E-state index >= 15 is 0 Å². The summed E-state index contributed by atoms with van der Waals surface area (Å²) in [6, 6.07) is 8.21. The van der Waals surface area contributed by atoms with E-state index in [-0.39, 0.29) is 0 Å². The smallest absolute Gasteiger partial charge is 0.182 e. The molecule has 6 nitrogen and oxygen atoms in total. The largest absolute Gasteiger partial charge is 0.328 e. The van der Waals surface area contributed by atoms with Crippen molar-refractivity contribution in [2.45, 2.75) is 27.3 Å². The van der Waals surface area contributed by atoms with Crippen molar-refractivity contribution in [3.8, 4) is 11.4 Å². The monoisotopic (exact) mass is 348 g/mol. The summed E-state index contributed by atoms with van der Waals surface area (Å²) in [5.74, 6) is 0.746. The zero-order valence-electron chi connectivity index (χ0n) is 16.0. The summed E-state index contributed by atoms with van der Waals surface area (Å²) in [5, 5.41) is 5.77. The van der Waals surface area contributed by atoms with Crippen molar-refractivity contribution in [3.05, 3.63) is 47.4 Å². The standard InChI is InChI=1S/C20H24N6/c1-13-8-6-7-9-16(13)18-22-20-17-14(2)15(3)25(11-10-24(4)5)19(17)21-12-26(20)23-18/h6-9,12H,10-11H2,1-5H3. The molecular weight excluding hydrogens is 324 g/mol. The third kappa shape index (κ3) is 2.57. The van der Waals surface area contributed by atoms with Gasteiger partial charge in [-0.05, 0) is 46.0 Å². The second-order valence-electron chi connectivity index (χ2n) is 7.13. The minimum absolute atomic E-state index is 0.746.